The zero-order valence-corrected chi connectivity index (χ0v) is 11.1. The largest absolute Gasteiger partial charge is 0.312 e. The van der Waals surface area contributed by atoms with Crippen LogP contribution in [0.3, 0.4) is 0 Å². The van der Waals surface area contributed by atoms with Gasteiger partial charge in [-0.3, -0.25) is 0 Å². The summed E-state index contributed by atoms with van der Waals surface area (Å²) in [5.41, 5.74) is 4.12. The van der Waals surface area contributed by atoms with E-state index in [1.54, 1.807) is 0 Å². The van der Waals surface area contributed by atoms with Gasteiger partial charge in [-0.05, 0) is 25.0 Å². The molecule has 0 bridgehead atoms. The Kier molecular flexibility index (Phi) is 6.27. The third-order valence-electron chi connectivity index (χ3n) is 2.47. The summed E-state index contributed by atoms with van der Waals surface area (Å²) >= 11 is 1.91. The van der Waals surface area contributed by atoms with Crippen molar-refractivity contribution in [2.45, 2.75) is 20.4 Å². The Bertz CT molecular complexity index is 334. The van der Waals surface area contributed by atoms with Crippen LogP contribution in [0.5, 0.6) is 0 Å². The van der Waals surface area contributed by atoms with Gasteiger partial charge in [0.1, 0.15) is 0 Å². The average Bonchev–Trinajstić information content (AvgIpc) is 2.26. The minimum absolute atomic E-state index is 0.973. The van der Waals surface area contributed by atoms with Gasteiger partial charge in [0.05, 0.1) is 0 Å². The van der Waals surface area contributed by atoms with Crippen LogP contribution in [0.1, 0.15) is 16.7 Å². The van der Waals surface area contributed by atoms with Crippen LogP contribution in [0.15, 0.2) is 30.9 Å². The van der Waals surface area contributed by atoms with E-state index >= 15 is 0 Å². The molecule has 0 unspecified atom stereocenters. The highest BCUT2D eigenvalue weighted by Crippen LogP contribution is 2.10. The number of benzene rings is 1. The molecule has 0 amide bonds. The topological polar surface area (TPSA) is 12.0 Å². The van der Waals surface area contributed by atoms with Crippen LogP contribution in [0.4, 0.5) is 0 Å². The van der Waals surface area contributed by atoms with Crippen molar-refractivity contribution in [3.8, 4) is 0 Å². The zero-order valence-electron chi connectivity index (χ0n) is 10.3. The Hall–Kier alpha value is -0.730. The van der Waals surface area contributed by atoms with Gasteiger partial charge in [-0.15, -0.1) is 6.58 Å². The SMILES string of the molecule is C=CCSCCNCc1ccc(C)cc1C. The lowest BCUT2D eigenvalue weighted by molar-refractivity contribution is 0.728. The Labute approximate surface area is 103 Å². The van der Waals surface area contributed by atoms with Crippen LogP contribution >= 0.6 is 11.8 Å². The van der Waals surface area contributed by atoms with Crippen LogP contribution in [0.25, 0.3) is 0 Å². The molecule has 1 aromatic rings. The molecule has 0 aliphatic heterocycles. The lowest BCUT2D eigenvalue weighted by Crippen LogP contribution is -2.17. The van der Waals surface area contributed by atoms with Gasteiger partial charge in [0.2, 0.25) is 0 Å². The fraction of sp³-hybridized carbons (Fsp3) is 0.429. The van der Waals surface area contributed by atoms with E-state index < -0.39 is 0 Å². The van der Waals surface area contributed by atoms with Crippen LogP contribution in [0, 0.1) is 13.8 Å². The van der Waals surface area contributed by atoms with E-state index in [9.17, 15) is 0 Å². The second-order valence-corrected chi connectivity index (χ2v) is 5.12. The predicted octanol–water partition coefficient (Wildman–Crippen LogP) is 3.31. The molecule has 0 aliphatic rings. The summed E-state index contributed by atoms with van der Waals surface area (Å²) in [6, 6.07) is 6.63. The number of aryl methyl sites for hydroxylation is 2. The molecule has 16 heavy (non-hydrogen) atoms. The van der Waals surface area contributed by atoms with E-state index in [1.807, 2.05) is 17.8 Å². The summed E-state index contributed by atoms with van der Waals surface area (Å²) in [6.45, 7) is 10.1. The van der Waals surface area contributed by atoms with Gasteiger partial charge in [-0.25, -0.2) is 0 Å². The van der Waals surface area contributed by atoms with E-state index in [0.717, 1.165) is 24.6 Å². The van der Waals surface area contributed by atoms with Crippen molar-refractivity contribution in [2.24, 2.45) is 0 Å². The molecule has 2 heteroatoms. The molecule has 88 valence electrons. The van der Waals surface area contributed by atoms with Crippen LogP contribution in [-0.2, 0) is 6.54 Å². The highest BCUT2D eigenvalue weighted by atomic mass is 32.2. The van der Waals surface area contributed by atoms with Gasteiger partial charge in [-0.1, -0.05) is 29.8 Å². The van der Waals surface area contributed by atoms with Crippen LogP contribution < -0.4 is 5.32 Å². The van der Waals surface area contributed by atoms with E-state index in [0.29, 0.717) is 0 Å². The summed E-state index contributed by atoms with van der Waals surface area (Å²) in [5.74, 6) is 2.20. The molecule has 0 atom stereocenters. The van der Waals surface area contributed by atoms with Gasteiger partial charge >= 0.3 is 0 Å². The molecule has 1 N–H and O–H groups in total. The minimum atomic E-state index is 0.973. The van der Waals surface area contributed by atoms with Crippen molar-refractivity contribution in [1.82, 2.24) is 5.32 Å². The van der Waals surface area contributed by atoms with Crippen LogP contribution in [0.2, 0.25) is 0 Å². The Balaban J connectivity index is 2.24. The molecule has 1 aromatic carbocycles. The maximum absolute atomic E-state index is 3.70. The second kappa shape index (κ2) is 7.53. The molecular weight excluding hydrogens is 214 g/mol. The van der Waals surface area contributed by atoms with Crippen molar-refractivity contribution in [2.75, 3.05) is 18.1 Å². The maximum Gasteiger partial charge on any atom is 0.0208 e. The van der Waals surface area contributed by atoms with Crippen molar-refractivity contribution >= 4 is 11.8 Å². The lowest BCUT2D eigenvalue weighted by atomic mass is 10.1. The molecule has 0 spiro atoms. The second-order valence-electron chi connectivity index (χ2n) is 3.97. The smallest absolute Gasteiger partial charge is 0.0208 e. The summed E-state index contributed by atoms with van der Waals surface area (Å²) in [5, 5.41) is 3.47. The molecule has 1 nitrogen and oxygen atoms in total. The van der Waals surface area contributed by atoms with E-state index in [1.165, 1.54) is 16.7 Å². The molecule has 0 heterocycles. The minimum Gasteiger partial charge on any atom is -0.312 e. The highest BCUT2D eigenvalue weighted by Gasteiger charge is 1.97. The molecular formula is C14H21NS. The first-order valence-corrected chi connectivity index (χ1v) is 6.85. The molecule has 0 saturated carbocycles. The quantitative estimate of drug-likeness (QED) is 0.575. The first kappa shape index (κ1) is 13.3. The number of nitrogens with one attached hydrogen (secondary N) is 1. The molecule has 0 aromatic heterocycles. The number of hydrogen-bond donors (Lipinski definition) is 1. The molecule has 0 aliphatic carbocycles. The van der Waals surface area contributed by atoms with Gasteiger partial charge in [-0.2, -0.15) is 11.8 Å². The summed E-state index contributed by atoms with van der Waals surface area (Å²) in [6.07, 6.45) is 1.95. The van der Waals surface area contributed by atoms with E-state index in [-0.39, 0.29) is 0 Å². The fourth-order valence-electron chi connectivity index (χ4n) is 1.58. The Morgan fingerprint density at radius 1 is 1.38 bits per heavy atom. The van der Waals surface area contributed by atoms with Gasteiger partial charge < -0.3 is 5.32 Å². The summed E-state index contributed by atoms with van der Waals surface area (Å²) < 4.78 is 0. The normalized spacial score (nSPS) is 10.4. The number of rotatable bonds is 7. The Morgan fingerprint density at radius 3 is 2.88 bits per heavy atom. The maximum atomic E-state index is 3.70. The van der Waals surface area contributed by atoms with Crippen LogP contribution in [-0.4, -0.2) is 18.1 Å². The fourth-order valence-corrected chi connectivity index (χ4v) is 2.20. The average molecular weight is 235 g/mol. The first-order valence-electron chi connectivity index (χ1n) is 5.69. The third kappa shape index (κ3) is 4.86. The standard InChI is InChI=1S/C14H21NS/c1-4-8-16-9-7-15-11-14-6-5-12(2)10-13(14)3/h4-6,10,15H,1,7-9,11H2,2-3H3. The van der Waals surface area contributed by atoms with E-state index in [4.69, 9.17) is 0 Å². The van der Waals surface area contributed by atoms with Gasteiger partial charge in [0.15, 0.2) is 0 Å². The number of thioether (sulfide) groups is 1. The molecule has 1 rings (SSSR count). The summed E-state index contributed by atoms with van der Waals surface area (Å²) in [4.78, 5) is 0. The summed E-state index contributed by atoms with van der Waals surface area (Å²) in [7, 11) is 0. The van der Waals surface area contributed by atoms with Crippen molar-refractivity contribution in [3.05, 3.63) is 47.5 Å². The predicted molar refractivity (Wildman–Crippen MR) is 75.1 cm³/mol. The zero-order chi connectivity index (χ0) is 11.8. The number of hydrogen-bond acceptors (Lipinski definition) is 2. The van der Waals surface area contributed by atoms with Crippen molar-refractivity contribution in [3.63, 3.8) is 0 Å². The van der Waals surface area contributed by atoms with Gasteiger partial charge in [0, 0.05) is 24.6 Å². The molecule has 0 fully saturated rings. The van der Waals surface area contributed by atoms with Gasteiger partial charge in [0.25, 0.3) is 0 Å². The van der Waals surface area contributed by atoms with Crippen molar-refractivity contribution < 1.29 is 0 Å². The monoisotopic (exact) mass is 235 g/mol. The van der Waals surface area contributed by atoms with Crippen molar-refractivity contribution in [1.29, 1.82) is 0 Å². The van der Waals surface area contributed by atoms with E-state index in [2.05, 4.69) is 43.9 Å². The Morgan fingerprint density at radius 2 is 2.19 bits per heavy atom. The molecule has 0 saturated heterocycles. The highest BCUT2D eigenvalue weighted by molar-refractivity contribution is 7.99. The lowest BCUT2D eigenvalue weighted by Gasteiger charge is -2.08. The first-order chi connectivity index (χ1) is 7.74. The molecule has 0 radical (unpaired) electrons. The third-order valence-corrected chi connectivity index (χ3v) is 3.44.